The van der Waals surface area contributed by atoms with Gasteiger partial charge in [0.25, 0.3) is 5.91 Å². The van der Waals surface area contributed by atoms with Gasteiger partial charge in [-0.25, -0.2) is 0 Å². The molecule has 100 valence electrons. The summed E-state index contributed by atoms with van der Waals surface area (Å²) in [6.45, 7) is 1.19. The van der Waals surface area contributed by atoms with Crippen molar-refractivity contribution in [3.8, 4) is 0 Å². The molecule has 1 aliphatic rings. The van der Waals surface area contributed by atoms with Crippen molar-refractivity contribution in [2.24, 2.45) is 7.05 Å². The quantitative estimate of drug-likeness (QED) is 0.890. The van der Waals surface area contributed by atoms with Crippen molar-refractivity contribution in [1.29, 1.82) is 0 Å². The Bertz CT molecular complexity index is 461. The molecule has 1 fully saturated rings. The van der Waals surface area contributed by atoms with Gasteiger partial charge in [0.1, 0.15) is 10.8 Å². The molecule has 1 amide bonds. The van der Waals surface area contributed by atoms with Gasteiger partial charge < -0.3 is 19.3 Å². The molecule has 5 nitrogen and oxygen atoms in total. The monoisotopic (exact) mass is 292 g/mol. The highest BCUT2D eigenvalue weighted by Gasteiger charge is 2.27. The molecule has 0 aromatic carbocycles. The zero-order valence-corrected chi connectivity index (χ0v) is 11.4. The van der Waals surface area contributed by atoms with E-state index in [1.54, 1.807) is 22.6 Å². The molecule has 1 N–H and O–H groups in total. The lowest BCUT2D eigenvalue weighted by Gasteiger charge is -2.32. The maximum Gasteiger partial charge on any atom is 0.270 e. The van der Waals surface area contributed by atoms with E-state index in [0.717, 1.165) is 0 Å². The number of morpholine rings is 1. The molecule has 1 aromatic heterocycles. The highest BCUT2D eigenvalue weighted by molar-refractivity contribution is 6.41. The van der Waals surface area contributed by atoms with Crippen LogP contribution in [-0.4, -0.2) is 52.9 Å². The predicted octanol–water partition coefficient (Wildman–Crippen LogP) is 1.17. The topological polar surface area (TPSA) is 54.7 Å². The molecular formula is C11H14Cl2N2O3. The van der Waals surface area contributed by atoms with Gasteiger partial charge in [0.05, 0.1) is 24.3 Å². The molecule has 7 heteroatoms. The Morgan fingerprint density at radius 3 is 2.89 bits per heavy atom. The van der Waals surface area contributed by atoms with E-state index in [-0.39, 0.29) is 18.6 Å². The van der Waals surface area contributed by atoms with Gasteiger partial charge in [0.2, 0.25) is 0 Å². The molecule has 0 saturated carbocycles. The molecule has 0 radical (unpaired) electrons. The third kappa shape index (κ3) is 2.49. The van der Waals surface area contributed by atoms with E-state index in [4.69, 9.17) is 33.0 Å². The van der Waals surface area contributed by atoms with Gasteiger partial charge in [-0.1, -0.05) is 23.2 Å². The molecule has 0 spiro atoms. The Kier molecular flexibility index (Phi) is 4.17. The molecule has 1 saturated heterocycles. The fourth-order valence-corrected chi connectivity index (χ4v) is 2.30. The van der Waals surface area contributed by atoms with Crippen LogP contribution in [0.3, 0.4) is 0 Å². The zero-order valence-electron chi connectivity index (χ0n) is 9.90. The molecule has 0 aliphatic carbocycles. The van der Waals surface area contributed by atoms with E-state index in [2.05, 4.69) is 0 Å². The minimum atomic E-state index is -0.325. The summed E-state index contributed by atoms with van der Waals surface area (Å²) in [4.78, 5) is 13.9. The van der Waals surface area contributed by atoms with Gasteiger partial charge in [0.15, 0.2) is 0 Å². The molecular weight excluding hydrogens is 279 g/mol. The van der Waals surface area contributed by atoms with Crippen molar-refractivity contribution in [3.63, 3.8) is 0 Å². The molecule has 0 bridgehead atoms. The second-order valence-corrected chi connectivity index (χ2v) is 4.92. The van der Waals surface area contributed by atoms with Gasteiger partial charge >= 0.3 is 0 Å². The Morgan fingerprint density at radius 2 is 2.33 bits per heavy atom. The second-order valence-electron chi connectivity index (χ2n) is 4.15. The lowest BCUT2D eigenvalue weighted by Crippen LogP contribution is -2.47. The first-order valence-electron chi connectivity index (χ1n) is 5.57. The Morgan fingerprint density at radius 1 is 1.61 bits per heavy atom. The lowest BCUT2D eigenvalue weighted by atomic mass is 10.2. The molecule has 2 rings (SSSR count). The normalized spacial score (nSPS) is 20.2. The second kappa shape index (κ2) is 5.48. The summed E-state index contributed by atoms with van der Waals surface area (Å²) in [6, 6.07) is 1.55. The van der Waals surface area contributed by atoms with Gasteiger partial charge in [-0.15, -0.1) is 0 Å². The summed E-state index contributed by atoms with van der Waals surface area (Å²) in [5, 5.41) is 9.75. The van der Waals surface area contributed by atoms with Crippen LogP contribution in [0.5, 0.6) is 0 Å². The van der Waals surface area contributed by atoms with Crippen LogP contribution < -0.4 is 0 Å². The summed E-state index contributed by atoms with van der Waals surface area (Å²) >= 11 is 11.8. The number of carbonyl (C=O) groups excluding carboxylic acids is 1. The Labute approximate surface area is 115 Å². The number of aliphatic hydroxyl groups is 1. The largest absolute Gasteiger partial charge is 0.394 e. The van der Waals surface area contributed by atoms with Crippen LogP contribution in [0.4, 0.5) is 0 Å². The van der Waals surface area contributed by atoms with Gasteiger partial charge in [-0.3, -0.25) is 4.79 Å². The maximum atomic E-state index is 12.3. The molecule has 1 atom stereocenters. The molecule has 1 unspecified atom stereocenters. The van der Waals surface area contributed by atoms with E-state index in [0.29, 0.717) is 35.6 Å². The van der Waals surface area contributed by atoms with Crippen molar-refractivity contribution >= 4 is 29.1 Å². The number of halogens is 2. The SMILES string of the molecule is Cn1c(C(=O)N2CCOC(CO)C2)cc(Cl)c1Cl. The number of rotatable bonds is 2. The van der Waals surface area contributed by atoms with Crippen molar-refractivity contribution in [2.45, 2.75) is 6.10 Å². The average molecular weight is 293 g/mol. The number of nitrogens with zero attached hydrogens (tertiary/aromatic N) is 2. The standard InChI is InChI=1S/C11H14Cl2N2O3/c1-14-9(4-8(12)10(14)13)11(17)15-2-3-18-7(5-15)6-16/h4,7,16H,2-3,5-6H2,1H3. The number of amides is 1. The zero-order chi connectivity index (χ0) is 13.3. The van der Waals surface area contributed by atoms with Gasteiger partial charge in [0, 0.05) is 20.1 Å². The third-order valence-corrected chi connectivity index (χ3v) is 3.81. The Hall–Kier alpha value is -0.750. The van der Waals surface area contributed by atoms with Crippen LogP contribution in [0.1, 0.15) is 10.5 Å². The number of ether oxygens (including phenoxy) is 1. The molecule has 1 aliphatic heterocycles. The van der Waals surface area contributed by atoms with E-state index in [9.17, 15) is 4.79 Å². The van der Waals surface area contributed by atoms with E-state index in [1.807, 2.05) is 0 Å². The highest BCUT2D eigenvalue weighted by atomic mass is 35.5. The molecule has 18 heavy (non-hydrogen) atoms. The van der Waals surface area contributed by atoms with Crippen molar-refractivity contribution in [3.05, 3.63) is 21.9 Å². The average Bonchev–Trinajstić information content (AvgIpc) is 2.65. The van der Waals surface area contributed by atoms with Crippen LogP contribution in [0, 0.1) is 0 Å². The van der Waals surface area contributed by atoms with Crippen LogP contribution in [0.25, 0.3) is 0 Å². The van der Waals surface area contributed by atoms with Gasteiger partial charge in [-0.05, 0) is 6.07 Å². The highest BCUT2D eigenvalue weighted by Crippen LogP contribution is 2.26. The molecule has 2 heterocycles. The minimum Gasteiger partial charge on any atom is -0.394 e. The van der Waals surface area contributed by atoms with E-state index >= 15 is 0 Å². The summed E-state index contributed by atoms with van der Waals surface area (Å²) in [5.74, 6) is -0.159. The van der Waals surface area contributed by atoms with Crippen molar-refractivity contribution < 1.29 is 14.6 Å². The van der Waals surface area contributed by atoms with Gasteiger partial charge in [-0.2, -0.15) is 0 Å². The van der Waals surface area contributed by atoms with Crippen LogP contribution >= 0.6 is 23.2 Å². The number of hydrogen-bond acceptors (Lipinski definition) is 3. The summed E-state index contributed by atoms with van der Waals surface area (Å²) in [6.07, 6.45) is -0.325. The Balaban J connectivity index is 2.18. The third-order valence-electron chi connectivity index (χ3n) is 2.97. The first kappa shape index (κ1) is 13.7. The molecule has 1 aromatic rings. The minimum absolute atomic E-state index is 0.0988. The van der Waals surface area contributed by atoms with Crippen LogP contribution in [-0.2, 0) is 11.8 Å². The number of aliphatic hydroxyl groups excluding tert-OH is 1. The first-order chi connectivity index (χ1) is 8.54. The lowest BCUT2D eigenvalue weighted by molar-refractivity contribution is -0.0449. The number of hydrogen-bond donors (Lipinski definition) is 1. The number of carbonyl (C=O) groups is 1. The van der Waals surface area contributed by atoms with E-state index in [1.165, 1.54) is 0 Å². The van der Waals surface area contributed by atoms with Crippen LogP contribution in [0.2, 0.25) is 10.2 Å². The number of aromatic nitrogens is 1. The fourth-order valence-electron chi connectivity index (χ4n) is 1.92. The van der Waals surface area contributed by atoms with Crippen molar-refractivity contribution in [1.82, 2.24) is 9.47 Å². The first-order valence-corrected chi connectivity index (χ1v) is 6.32. The predicted molar refractivity (Wildman–Crippen MR) is 68.2 cm³/mol. The van der Waals surface area contributed by atoms with Crippen molar-refractivity contribution in [2.75, 3.05) is 26.3 Å². The summed E-state index contributed by atoms with van der Waals surface area (Å²) in [7, 11) is 1.69. The summed E-state index contributed by atoms with van der Waals surface area (Å²) in [5.41, 5.74) is 0.434. The maximum absolute atomic E-state index is 12.3. The van der Waals surface area contributed by atoms with Crippen LogP contribution in [0.15, 0.2) is 6.07 Å². The fraction of sp³-hybridized carbons (Fsp3) is 0.545. The smallest absolute Gasteiger partial charge is 0.270 e. The van der Waals surface area contributed by atoms with E-state index < -0.39 is 0 Å². The summed E-state index contributed by atoms with van der Waals surface area (Å²) < 4.78 is 6.85.